The fourth-order valence-corrected chi connectivity index (χ4v) is 1.35. The van der Waals surface area contributed by atoms with E-state index in [0.717, 1.165) is 0 Å². The highest BCUT2D eigenvalue weighted by Crippen LogP contribution is 2.18. The summed E-state index contributed by atoms with van der Waals surface area (Å²) >= 11 is 0. The van der Waals surface area contributed by atoms with Crippen molar-refractivity contribution in [1.29, 1.82) is 0 Å². The zero-order valence-electron chi connectivity index (χ0n) is 7.96. The SMILES string of the molecule is O=C1CC(=NO)CON1c1ccccc1. The van der Waals surface area contributed by atoms with E-state index in [1.807, 2.05) is 18.2 Å². The van der Waals surface area contributed by atoms with Crippen molar-refractivity contribution in [2.24, 2.45) is 5.16 Å². The van der Waals surface area contributed by atoms with Crippen LogP contribution in [-0.2, 0) is 9.63 Å². The van der Waals surface area contributed by atoms with Gasteiger partial charge in [0.2, 0.25) is 0 Å². The van der Waals surface area contributed by atoms with Crippen molar-refractivity contribution < 1.29 is 14.8 Å². The summed E-state index contributed by atoms with van der Waals surface area (Å²) in [5.41, 5.74) is 1.02. The Kier molecular flexibility index (Phi) is 2.64. The summed E-state index contributed by atoms with van der Waals surface area (Å²) in [7, 11) is 0. The first-order valence-electron chi connectivity index (χ1n) is 4.52. The smallest absolute Gasteiger partial charge is 0.256 e. The summed E-state index contributed by atoms with van der Waals surface area (Å²) in [6.07, 6.45) is 0.0887. The number of oxime groups is 1. The molecule has 0 spiro atoms. The molecule has 1 aliphatic heterocycles. The molecule has 5 nitrogen and oxygen atoms in total. The standard InChI is InChI=1S/C10H10N2O3/c13-10-6-8(11-14)7-15-12(10)9-4-2-1-3-5-9/h1-5,14H,6-7H2. The van der Waals surface area contributed by atoms with Gasteiger partial charge in [0, 0.05) is 0 Å². The van der Waals surface area contributed by atoms with Crippen molar-refractivity contribution >= 4 is 17.3 Å². The van der Waals surface area contributed by atoms with Crippen LogP contribution in [0.5, 0.6) is 0 Å². The molecule has 1 aliphatic rings. The first-order valence-corrected chi connectivity index (χ1v) is 4.52. The number of para-hydroxylation sites is 1. The number of anilines is 1. The summed E-state index contributed by atoms with van der Waals surface area (Å²) in [5.74, 6) is -0.236. The van der Waals surface area contributed by atoms with Gasteiger partial charge in [0.15, 0.2) is 0 Å². The van der Waals surface area contributed by atoms with E-state index in [2.05, 4.69) is 5.16 Å². The Morgan fingerprint density at radius 3 is 2.67 bits per heavy atom. The van der Waals surface area contributed by atoms with Crippen molar-refractivity contribution in [3.05, 3.63) is 30.3 Å². The third-order valence-corrected chi connectivity index (χ3v) is 2.07. The predicted octanol–water partition coefficient (Wildman–Crippen LogP) is 1.19. The van der Waals surface area contributed by atoms with Gasteiger partial charge in [-0.2, -0.15) is 5.06 Å². The van der Waals surface area contributed by atoms with Gasteiger partial charge in [-0.05, 0) is 12.1 Å². The minimum atomic E-state index is -0.236. The molecule has 0 atom stereocenters. The van der Waals surface area contributed by atoms with Crippen LogP contribution in [-0.4, -0.2) is 23.4 Å². The summed E-state index contributed by atoms with van der Waals surface area (Å²) in [6, 6.07) is 9.06. The lowest BCUT2D eigenvalue weighted by molar-refractivity contribution is -0.125. The minimum Gasteiger partial charge on any atom is -0.411 e. The molecule has 78 valence electrons. The quantitative estimate of drug-likeness (QED) is 0.554. The number of rotatable bonds is 1. The molecule has 15 heavy (non-hydrogen) atoms. The summed E-state index contributed by atoms with van der Waals surface area (Å²) < 4.78 is 0. The van der Waals surface area contributed by atoms with E-state index in [1.54, 1.807) is 12.1 Å². The van der Waals surface area contributed by atoms with E-state index >= 15 is 0 Å². The normalized spacial score (nSPS) is 19.6. The zero-order valence-corrected chi connectivity index (χ0v) is 7.96. The van der Waals surface area contributed by atoms with E-state index in [0.29, 0.717) is 11.4 Å². The number of benzene rings is 1. The fraction of sp³-hybridized carbons (Fsp3) is 0.200. The number of amides is 1. The highest BCUT2D eigenvalue weighted by Gasteiger charge is 2.25. The number of nitrogens with zero attached hydrogens (tertiary/aromatic N) is 2. The van der Waals surface area contributed by atoms with E-state index < -0.39 is 0 Å². The molecule has 0 radical (unpaired) electrons. The Morgan fingerprint density at radius 1 is 1.33 bits per heavy atom. The van der Waals surface area contributed by atoms with Gasteiger partial charge in [-0.3, -0.25) is 9.63 Å². The molecule has 1 saturated heterocycles. The number of carbonyl (C=O) groups excluding carboxylic acids is 1. The molecule has 1 amide bonds. The maximum Gasteiger partial charge on any atom is 0.256 e. The van der Waals surface area contributed by atoms with Gasteiger partial charge in [-0.15, -0.1) is 0 Å². The summed E-state index contributed by atoms with van der Waals surface area (Å²) in [5, 5.41) is 12.7. The molecule has 1 aromatic carbocycles. The second-order valence-corrected chi connectivity index (χ2v) is 3.14. The van der Waals surface area contributed by atoms with Crippen molar-refractivity contribution in [3.8, 4) is 0 Å². The molecule has 1 heterocycles. The van der Waals surface area contributed by atoms with Gasteiger partial charge in [-0.25, -0.2) is 0 Å². The number of hydroxylamine groups is 1. The molecule has 0 aliphatic carbocycles. The van der Waals surface area contributed by atoms with Crippen LogP contribution in [0, 0.1) is 0 Å². The van der Waals surface area contributed by atoms with Gasteiger partial charge in [0.25, 0.3) is 5.91 Å². The minimum absolute atomic E-state index is 0.0887. The van der Waals surface area contributed by atoms with Crippen LogP contribution in [0.1, 0.15) is 6.42 Å². The second kappa shape index (κ2) is 4.10. The maximum atomic E-state index is 11.6. The molecular weight excluding hydrogens is 196 g/mol. The van der Waals surface area contributed by atoms with Gasteiger partial charge in [0.05, 0.1) is 17.8 Å². The van der Waals surface area contributed by atoms with E-state index in [4.69, 9.17) is 10.0 Å². The van der Waals surface area contributed by atoms with Gasteiger partial charge in [-0.1, -0.05) is 23.4 Å². The Balaban J connectivity index is 2.17. The molecular formula is C10H10N2O3. The summed E-state index contributed by atoms with van der Waals surface area (Å²) in [4.78, 5) is 16.7. The van der Waals surface area contributed by atoms with Crippen molar-refractivity contribution in [2.45, 2.75) is 6.42 Å². The molecule has 0 aromatic heterocycles. The van der Waals surface area contributed by atoms with Crippen LogP contribution < -0.4 is 5.06 Å². The van der Waals surface area contributed by atoms with Crippen LogP contribution in [0.3, 0.4) is 0 Å². The van der Waals surface area contributed by atoms with Crippen molar-refractivity contribution in [1.82, 2.24) is 0 Å². The number of hydrogen-bond acceptors (Lipinski definition) is 4. The third-order valence-electron chi connectivity index (χ3n) is 2.07. The number of hydrogen-bond donors (Lipinski definition) is 1. The molecule has 0 bridgehead atoms. The highest BCUT2D eigenvalue weighted by atomic mass is 16.7. The lowest BCUT2D eigenvalue weighted by Crippen LogP contribution is -2.40. The Morgan fingerprint density at radius 2 is 2.07 bits per heavy atom. The molecule has 1 N–H and O–H groups in total. The van der Waals surface area contributed by atoms with Crippen molar-refractivity contribution in [2.75, 3.05) is 11.7 Å². The maximum absolute atomic E-state index is 11.6. The predicted molar refractivity (Wildman–Crippen MR) is 53.7 cm³/mol. The second-order valence-electron chi connectivity index (χ2n) is 3.14. The van der Waals surface area contributed by atoms with Crippen LogP contribution in [0.2, 0.25) is 0 Å². The zero-order chi connectivity index (χ0) is 10.7. The Labute approximate surface area is 86.5 Å². The monoisotopic (exact) mass is 206 g/mol. The average molecular weight is 206 g/mol. The molecule has 0 unspecified atom stereocenters. The topological polar surface area (TPSA) is 62.1 Å². The van der Waals surface area contributed by atoms with Gasteiger partial charge < -0.3 is 5.21 Å². The highest BCUT2D eigenvalue weighted by molar-refractivity contribution is 6.08. The lowest BCUT2D eigenvalue weighted by Gasteiger charge is -2.25. The lowest BCUT2D eigenvalue weighted by atomic mass is 10.2. The summed E-state index contributed by atoms with van der Waals surface area (Å²) in [6.45, 7) is 0.136. The Hall–Kier alpha value is -1.88. The molecule has 2 rings (SSSR count). The fourth-order valence-electron chi connectivity index (χ4n) is 1.35. The van der Waals surface area contributed by atoms with Crippen LogP contribution in [0.15, 0.2) is 35.5 Å². The van der Waals surface area contributed by atoms with Crippen LogP contribution in [0.25, 0.3) is 0 Å². The molecule has 5 heteroatoms. The molecule has 1 aromatic rings. The van der Waals surface area contributed by atoms with Crippen LogP contribution in [0.4, 0.5) is 5.69 Å². The average Bonchev–Trinajstić information content (AvgIpc) is 2.30. The van der Waals surface area contributed by atoms with Gasteiger partial charge >= 0.3 is 0 Å². The van der Waals surface area contributed by atoms with Crippen molar-refractivity contribution in [3.63, 3.8) is 0 Å². The molecule has 1 fully saturated rings. The van der Waals surface area contributed by atoms with E-state index in [9.17, 15) is 4.79 Å². The third kappa shape index (κ3) is 1.97. The van der Waals surface area contributed by atoms with E-state index in [1.165, 1.54) is 5.06 Å². The first kappa shape index (κ1) is 9.67. The van der Waals surface area contributed by atoms with E-state index in [-0.39, 0.29) is 18.9 Å². The molecule has 0 saturated carbocycles. The number of carbonyl (C=O) groups is 1. The van der Waals surface area contributed by atoms with Crippen LogP contribution >= 0.6 is 0 Å². The Bertz CT molecular complexity index is 389. The van der Waals surface area contributed by atoms with Gasteiger partial charge in [0.1, 0.15) is 6.61 Å². The first-order chi connectivity index (χ1) is 7.31. The largest absolute Gasteiger partial charge is 0.411 e.